The van der Waals surface area contributed by atoms with Gasteiger partial charge in [0.05, 0.1) is 5.52 Å². The largest absolute Gasteiger partial charge is 0.382 e. The summed E-state index contributed by atoms with van der Waals surface area (Å²) in [7, 11) is 1.83. The Hall–Kier alpha value is -2.20. The maximum atomic E-state index is 13.4. The van der Waals surface area contributed by atoms with E-state index in [9.17, 15) is 9.50 Å². The summed E-state index contributed by atoms with van der Waals surface area (Å²) in [6.07, 6.45) is -0.934. The van der Waals surface area contributed by atoms with Gasteiger partial charge in [-0.3, -0.25) is 4.68 Å². The minimum atomic E-state index is -0.934. The number of hydrogen-bond acceptors (Lipinski definition) is 2. The zero-order valence-corrected chi connectivity index (χ0v) is 11.3. The van der Waals surface area contributed by atoms with Crippen molar-refractivity contribution in [2.75, 3.05) is 0 Å². The van der Waals surface area contributed by atoms with Crippen LogP contribution < -0.4 is 0 Å². The number of benzene rings is 2. The van der Waals surface area contributed by atoms with Crippen LogP contribution >= 0.6 is 0 Å². The standard InChI is InChI=1S/C16H15FN2O/c1-10-7-8-11(17)9-13(10)16(20)15-12-5-3-4-6-14(12)19(2)18-15/h3-9,16,20H,1-2H3. The molecular weight excluding hydrogens is 255 g/mol. The van der Waals surface area contributed by atoms with Gasteiger partial charge in [0.15, 0.2) is 0 Å². The summed E-state index contributed by atoms with van der Waals surface area (Å²) in [4.78, 5) is 0. The highest BCUT2D eigenvalue weighted by atomic mass is 19.1. The lowest BCUT2D eigenvalue weighted by Gasteiger charge is -2.12. The van der Waals surface area contributed by atoms with Crippen molar-refractivity contribution in [3.05, 3.63) is 65.1 Å². The van der Waals surface area contributed by atoms with Gasteiger partial charge >= 0.3 is 0 Å². The van der Waals surface area contributed by atoms with Crippen LogP contribution in [0.3, 0.4) is 0 Å². The number of aliphatic hydroxyl groups is 1. The van der Waals surface area contributed by atoms with Crippen LogP contribution in [0.5, 0.6) is 0 Å². The van der Waals surface area contributed by atoms with Crippen molar-refractivity contribution in [1.29, 1.82) is 0 Å². The Bertz CT molecular complexity index is 779. The van der Waals surface area contributed by atoms with Crippen LogP contribution in [-0.2, 0) is 7.05 Å². The molecule has 0 aliphatic heterocycles. The molecule has 20 heavy (non-hydrogen) atoms. The van der Waals surface area contributed by atoms with E-state index in [1.165, 1.54) is 12.1 Å². The van der Waals surface area contributed by atoms with E-state index < -0.39 is 6.10 Å². The molecule has 3 aromatic rings. The molecular formula is C16H15FN2O. The summed E-state index contributed by atoms with van der Waals surface area (Å²) in [5.74, 6) is -0.357. The zero-order chi connectivity index (χ0) is 14.3. The normalized spacial score (nSPS) is 12.8. The number of rotatable bonds is 2. The Balaban J connectivity index is 2.18. The number of halogens is 1. The molecule has 1 heterocycles. The predicted octanol–water partition coefficient (Wildman–Crippen LogP) is 3.10. The number of para-hydroxylation sites is 1. The van der Waals surface area contributed by atoms with E-state index in [0.29, 0.717) is 11.3 Å². The molecule has 0 spiro atoms. The summed E-state index contributed by atoms with van der Waals surface area (Å²) in [5.41, 5.74) is 2.88. The molecule has 1 aromatic heterocycles. The van der Waals surface area contributed by atoms with Gasteiger partial charge in [-0.25, -0.2) is 4.39 Å². The molecule has 0 radical (unpaired) electrons. The highest BCUT2D eigenvalue weighted by molar-refractivity contribution is 5.82. The fourth-order valence-electron chi connectivity index (χ4n) is 2.50. The summed E-state index contributed by atoms with van der Waals surface area (Å²) in [6.45, 7) is 1.85. The van der Waals surface area contributed by atoms with Crippen LogP contribution in [0.25, 0.3) is 10.9 Å². The number of fused-ring (bicyclic) bond motifs is 1. The van der Waals surface area contributed by atoms with Gasteiger partial charge in [-0.1, -0.05) is 24.3 Å². The number of nitrogens with zero attached hydrogens (tertiary/aromatic N) is 2. The number of hydrogen-bond donors (Lipinski definition) is 1. The van der Waals surface area contributed by atoms with Crippen LogP contribution in [0.1, 0.15) is 22.9 Å². The van der Waals surface area contributed by atoms with Gasteiger partial charge in [-0.2, -0.15) is 5.10 Å². The third-order valence-corrected chi connectivity index (χ3v) is 3.58. The third kappa shape index (κ3) is 1.98. The lowest BCUT2D eigenvalue weighted by Crippen LogP contribution is -2.04. The van der Waals surface area contributed by atoms with E-state index in [4.69, 9.17) is 0 Å². The van der Waals surface area contributed by atoms with Gasteiger partial charge in [0, 0.05) is 12.4 Å². The molecule has 3 rings (SSSR count). The van der Waals surface area contributed by atoms with E-state index in [2.05, 4.69) is 5.10 Å². The second-order valence-electron chi connectivity index (χ2n) is 4.93. The van der Waals surface area contributed by atoms with Gasteiger partial charge in [-0.05, 0) is 36.2 Å². The first-order valence-electron chi connectivity index (χ1n) is 6.43. The molecule has 0 aliphatic rings. The number of aryl methyl sites for hydroxylation is 2. The Labute approximate surface area is 116 Å². The van der Waals surface area contributed by atoms with Crippen LogP contribution in [0, 0.1) is 12.7 Å². The first-order valence-corrected chi connectivity index (χ1v) is 6.43. The van der Waals surface area contributed by atoms with Gasteiger partial charge in [0.25, 0.3) is 0 Å². The van der Waals surface area contributed by atoms with Gasteiger partial charge < -0.3 is 5.11 Å². The lowest BCUT2D eigenvalue weighted by molar-refractivity contribution is 0.214. The lowest BCUT2D eigenvalue weighted by atomic mass is 9.99. The van der Waals surface area contributed by atoms with E-state index in [0.717, 1.165) is 16.5 Å². The fraction of sp³-hybridized carbons (Fsp3) is 0.188. The first-order chi connectivity index (χ1) is 9.58. The van der Waals surface area contributed by atoms with Crippen molar-refractivity contribution in [3.8, 4) is 0 Å². The number of aromatic nitrogens is 2. The van der Waals surface area contributed by atoms with E-state index in [1.807, 2.05) is 38.2 Å². The van der Waals surface area contributed by atoms with Crippen LogP contribution in [0.4, 0.5) is 4.39 Å². The first kappa shape index (κ1) is 12.8. The summed E-state index contributed by atoms with van der Waals surface area (Å²) < 4.78 is 15.1. The summed E-state index contributed by atoms with van der Waals surface area (Å²) in [6, 6.07) is 12.1. The monoisotopic (exact) mass is 270 g/mol. The van der Waals surface area contributed by atoms with Crippen LogP contribution in [-0.4, -0.2) is 14.9 Å². The molecule has 102 valence electrons. The maximum absolute atomic E-state index is 13.4. The van der Waals surface area contributed by atoms with Gasteiger partial charge in [0.1, 0.15) is 17.6 Å². The molecule has 0 saturated heterocycles. The molecule has 0 bridgehead atoms. The average Bonchev–Trinajstić information content (AvgIpc) is 2.79. The van der Waals surface area contributed by atoms with Crippen LogP contribution in [0.2, 0.25) is 0 Å². The van der Waals surface area contributed by atoms with E-state index in [1.54, 1.807) is 10.7 Å². The van der Waals surface area contributed by atoms with Gasteiger partial charge in [0.2, 0.25) is 0 Å². The smallest absolute Gasteiger partial charge is 0.124 e. The van der Waals surface area contributed by atoms with Crippen molar-refractivity contribution >= 4 is 10.9 Å². The van der Waals surface area contributed by atoms with Crippen molar-refractivity contribution in [1.82, 2.24) is 9.78 Å². The van der Waals surface area contributed by atoms with Gasteiger partial charge in [-0.15, -0.1) is 0 Å². The van der Waals surface area contributed by atoms with Crippen LogP contribution in [0.15, 0.2) is 42.5 Å². The molecule has 4 heteroatoms. The maximum Gasteiger partial charge on any atom is 0.124 e. The number of aliphatic hydroxyl groups excluding tert-OH is 1. The molecule has 2 aromatic carbocycles. The minimum Gasteiger partial charge on any atom is -0.382 e. The highest BCUT2D eigenvalue weighted by Gasteiger charge is 2.20. The Morgan fingerprint density at radius 3 is 2.75 bits per heavy atom. The van der Waals surface area contributed by atoms with Crippen molar-refractivity contribution in [2.24, 2.45) is 7.05 Å². The second kappa shape index (κ2) is 4.72. The Morgan fingerprint density at radius 1 is 1.20 bits per heavy atom. The highest BCUT2D eigenvalue weighted by Crippen LogP contribution is 2.29. The molecule has 1 atom stereocenters. The molecule has 3 nitrogen and oxygen atoms in total. The quantitative estimate of drug-likeness (QED) is 0.777. The molecule has 1 unspecified atom stereocenters. The average molecular weight is 270 g/mol. The van der Waals surface area contributed by atoms with Crippen molar-refractivity contribution < 1.29 is 9.50 Å². The molecule has 0 amide bonds. The molecule has 0 fully saturated rings. The van der Waals surface area contributed by atoms with Crippen molar-refractivity contribution in [3.63, 3.8) is 0 Å². The predicted molar refractivity (Wildman–Crippen MR) is 75.9 cm³/mol. The molecule has 0 aliphatic carbocycles. The topological polar surface area (TPSA) is 38.1 Å². The molecule has 1 N–H and O–H groups in total. The zero-order valence-electron chi connectivity index (χ0n) is 11.3. The summed E-state index contributed by atoms with van der Waals surface area (Å²) in [5, 5.41) is 15.8. The van der Waals surface area contributed by atoms with E-state index >= 15 is 0 Å². The summed E-state index contributed by atoms with van der Waals surface area (Å²) >= 11 is 0. The Kier molecular flexibility index (Phi) is 3.03. The fourth-order valence-corrected chi connectivity index (χ4v) is 2.50. The third-order valence-electron chi connectivity index (χ3n) is 3.58. The van der Waals surface area contributed by atoms with Crippen molar-refractivity contribution in [2.45, 2.75) is 13.0 Å². The second-order valence-corrected chi connectivity index (χ2v) is 4.93. The Morgan fingerprint density at radius 2 is 1.95 bits per heavy atom. The minimum absolute atomic E-state index is 0.357. The SMILES string of the molecule is Cc1ccc(F)cc1C(O)c1nn(C)c2ccccc12. The molecule has 0 saturated carbocycles. The van der Waals surface area contributed by atoms with E-state index in [-0.39, 0.29) is 5.82 Å².